The van der Waals surface area contributed by atoms with Crippen LogP contribution in [0.2, 0.25) is 0 Å². The molecule has 1 heterocycles. The van der Waals surface area contributed by atoms with Gasteiger partial charge in [-0.2, -0.15) is 0 Å². The molecule has 0 bridgehead atoms. The molecule has 76 valence electrons. The Balaban J connectivity index is 2.00. The van der Waals surface area contributed by atoms with E-state index in [4.69, 9.17) is 4.74 Å². The molecule has 1 aliphatic rings. The van der Waals surface area contributed by atoms with Crippen molar-refractivity contribution in [3.8, 4) is 0 Å². The van der Waals surface area contributed by atoms with E-state index in [0.29, 0.717) is 12.1 Å². The second-order valence-corrected chi connectivity index (χ2v) is 4.09. The Hall–Kier alpha value is -0.860. The third-order valence-electron chi connectivity index (χ3n) is 2.74. The van der Waals surface area contributed by atoms with Gasteiger partial charge in [-0.3, -0.25) is 0 Å². The van der Waals surface area contributed by atoms with Crippen molar-refractivity contribution in [1.82, 2.24) is 4.90 Å². The Labute approximate surface area is 85.5 Å². The Bertz CT molecular complexity index is 278. The lowest BCUT2D eigenvalue weighted by molar-refractivity contribution is 0.228. The van der Waals surface area contributed by atoms with Gasteiger partial charge in [-0.1, -0.05) is 30.3 Å². The van der Waals surface area contributed by atoms with E-state index >= 15 is 0 Å². The van der Waals surface area contributed by atoms with Crippen LogP contribution in [0, 0.1) is 0 Å². The van der Waals surface area contributed by atoms with E-state index in [-0.39, 0.29) is 0 Å². The summed E-state index contributed by atoms with van der Waals surface area (Å²) in [4.78, 5) is 2.25. The minimum atomic E-state index is 0.449. The first kappa shape index (κ1) is 9.69. The largest absolute Gasteiger partial charge is 0.371 e. The van der Waals surface area contributed by atoms with Crippen molar-refractivity contribution in [2.75, 3.05) is 20.7 Å². The molecular weight excluding hydrogens is 174 g/mol. The fraction of sp³-hybridized carbons (Fsp3) is 0.500. The van der Waals surface area contributed by atoms with Crippen LogP contribution in [0.4, 0.5) is 0 Å². The molecule has 0 aliphatic carbocycles. The molecule has 2 nitrogen and oxygen atoms in total. The van der Waals surface area contributed by atoms with E-state index in [9.17, 15) is 0 Å². The summed E-state index contributed by atoms with van der Waals surface area (Å²) in [7, 11) is 4.24. The second-order valence-electron chi connectivity index (χ2n) is 4.09. The van der Waals surface area contributed by atoms with Crippen LogP contribution in [-0.4, -0.2) is 37.7 Å². The van der Waals surface area contributed by atoms with Gasteiger partial charge in [-0.15, -0.1) is 0 Å². The molecule has 0 aromatic heterocycles. The topological polar surface area (TPSA) is 15.8 Å². The normalized spacial score (nSPS) is 22.4. The van der Waals surface area contributed by atoms with Gasteiger partial charge in [-0.25, -0.2) is 0 Å². The third kappa shape index (κ3) is 2.34. The molecule has 0 saturated carbocycles. The summed E-state index contributed by atoms with van der Waals surface area (Å²) in [6.45, 7) is 0.926. The number of nitrogens with zero attached hydrogens (tertiary/aromatic N) is 1. The van der Waals surface area contributed by atoms with Crippen molar-refractivity contribution >= 4 is 0 Å². The maximum Gasteiger partial charge on any atom is 0.0967 e. The van der Waals surface area contributed by atoms with Crippen molar-refractivity contribution in [3.05, 3.63) is 35.9 Å². The van der Waals surface area contributed by atoms with Crippen LogP contribution >= 0.6 is 0 Å². The van der Waals surface area contributed by atoms with Gasteiger partial charge in [0, 0.05) is 6.04 Å². The molecule has 1 aliphatic heterocycles. The molecule has 0 amide bonds. The van der Waals surface area contributed by atoms with E-state index in [0.717, 1.165) is 13.0 Å². The number of ether oxygens (including phenoxy) is 1. The fourth-order valence-electron chi connectivity index (χ4n) is 1.78. The Kier molecular flexibility index (Phi) is 2.85. The zero-order valence-corrected chi connectivity index (χ0v) is 8.81. The summed E-state index contributed by atoms with van der Waals surface area (Å²) >= 11 is 0. The van der Waals surface area contributed by atoms with E-state index in [1.807, 2.05) is 0 Å². The van der Waals surface area contributed by atoms with E-state index in [1.54, 1.807) is 0 Å². The molecule has 1 aromatic carbocycles. The van der Waals surface area contributed by atoms with Crippen molar-refractivity contribution in [3.63, 3.8) is 0 Å². The van der Waals surface area contributed by atoms with E-state index in [2.05, 4.69) is 49.3 Å². The highest BCUT2D eigenvalue weighted by Crippen LogP contribution is 2.21. The second kappa shape index (κ2) is 4.11. The molecule has 0 N–H and O–H groups in total. The van der Waals surface area contributed by atoms with E-state index in [1.165, 1.54) is 5.56 Å². The minimum Gasteiger partial charge on any atom is -0.371 e. The van der Waals surface area contributed by atoms with Gasteiger partial charge in [0.25, 0.3) is 0 Å². The molecule has 0 radical (unpaired) electrons. The molecule has 14 heavy (non-hydrogen) atoms. The van der Waals surface area contributed by atoms with Crippen LogP contribution in [0.15, 0.2) is 30.3 Å². The Morgan fingerprint density at radius 1 is 1.36 bits per heavy atom. The molecule has 0 spiro atoms. The molecule has 2 heteroatoms. The van der Waals surface area contributed by atoms with Crippen LogP contribution in [0.3, 0.4) is 0 Å². The maximum atomic E-state index is 5.36. The van der Waals surface area contributed by atoms with Crippen LogP contribution < -0.4 is 0 Å². The fourth-order valence-corrected chi connectivity index (χ4v) is 1.78. The number of hydrogen-bond acceptors (Lipinski definition) is 2. The first-order valence-electron chi connectivity index (χ1n) is 5.09. The molecule has 1 saturated heterocycles. The molecular formula is C12H17NO. The van der Waals surface area contributed by atoms with Crippen molar-refractivity contribution in [2.24, 2.45) is 0 Å². The molecule has 2 atom stereocenters. The smallest absolute Gasteiger partial charge is 0.0967 e. The predicted octanol–water partition coefficient (Wildman–Crippen LogP) is 1.56. The van der Waals surface area contributed by atoms with Crippen molar-refractivity contribution < 1.29 is 4.74 Å². The van der Waals surface area contributed by atoms with Gasteiger partial charge in [0.2, 0.25) is 0 Å². The Morgan fingerprint density at radius 2 is 2.00 bits per heavy atom. The molecule has 2 rings (SSSR count). The van der Waals surface area contributed by atoms with Crippen LogP contribution in [0.25, 0.3) is 0 Å². The summed E-state index contributed by atoms with van der Waals surface area (Å²) in [5.41, 5.74) is 1.39. The number of likely N-dealkylation sites (N-methyl/N-ethyl adjacent to an activating group) is 1. The highest BCUT2D eigenvalue weighted by molar-refractivity contribution is 5.16. The van der Waals surface area contributed by atoms with E-state index < -0.39 is 0 Å². The van der Waals surface area contributed by atoms with Gasteiger partial charge in [0.1, 0.15) is 0 Å². The average molecular weight is 191 g/mol. The SMILES string of the molecule is CN(C)[C@@H](Cc1ccccc1)[C@@H]1CO1. The first-order chi connectivity index (χ1) is 6.77. The summed E-state index contributed by atoms with van der Waals surface area (Å²) < 4.78 is 5.36. The van der Waals surface area contributed by atoms with Gasteiger partial charge >= 0.3 is 0 Å². The lowest BCUT2D eigenvalue weighted by Crippen LogP contribution is -2.35. The number of hydrogen-bond donors (Lipinski definition) is 0. The van der Waals surface area contributed by atoms with Gasteiger partial charge < -0.3 is 9.64 Å². The summed E-state index contributed by atoms with van der Waals surface area (Å²) in [5, 5.41) is 0. The van der Waals surface area contributed by atoms with Gasteiger partial charge in [0.05, 0.1) is 12.7 Å². The highest BCUT2D eigenvalue weighted by Gasteiger charge is 2.33. The maximum absolute atomic E-state index is 5.36. The Morgan fingerprint density at radius 3 is 2.50 bits per heavy atom. The van der Waals surface area contributed by atoms with Crippen LogP contribution in [0.5, 0.6) is 0 Å². The quantitative estimate of drug-likeness (QED) is 0.671. The predicted molar refractivity (Wildman–Crippen MR) is 57.4 cm³/mol. The highest BCUT2D eigenvalue weighted by atomic mass is 16.6. The lowest BCUT2D eigenvalue weighted by atomic mass is 10.0. The summed E-state index contributed by atoms with van der Waals surface area (Å²) in [5.74, 6) is 0. The standard InChI is InChI=1S/C12H17NO/c1-13(2)11(12-9-14-12)8-10-6-4-3-5-7-10/h3-7,11-12H,8-9H2,1-2H3/t11-,12-/m0/s1. The zero-order valence-electron chi connectivity index (χ0n) is 8.81. The molecule has 1 fully saturated rings. The van der Waals surface area contributed by atoms with Crippen LogP contribution in [0.1, 0.15) is 5.56 Å². The van der Waals surface area contributed by atoms with Crippen LogP contribution in [-0.2, 0) is 11.2 Å². The summed E-state index contributed by atoms with van der Waals surface area (Å²) in [6, 6.07) is 11.1. The lowest BCUT2D eigenvalue weighted by Gasteiger charge is -2.22. The van der Waals surface area contributed by atoms with Gasteiger partial charge in [-0.05, 0) is 26.1 Å². The number of benzene rings is 1. The number of rotatable bonds is 4. The van der Waals surface area contributed by atoms with Crippen molar-refractivity contribution in [2.45, 2.75) is 18.6 Å². The monoisotopic (exact) mass is 191 g/mol. The van der Waals surface area contributed by atoms with Crippen molar-refractivity contribution in [1.29, 1.82) is 0 Å². The minimum absolute atomic E-state index is 0.449. The average Bonchev–Trinajstić information content (AvgIpc) is 2.99. The molecule has 1 aromatic rings. The number of epoxide rings is 1. The molecule has 0 unspecified atom stereocenters. The van der Waals surface area contributed by atoms with Gasteiger partial charge in [0.15, 0.2) is 0 Å². The third-order valence-corrected chi connectivity index (χ3v) is 2.74. The summed E-state index contributed by atoms with van der Waals surface area (Å²) in [6.07, 6.45) is 1.53. The zero-order chi connectivity index (χ0) is 9.97. The first-order valence-corrected chi connectivity index (χ1v) is 5.09.